The molecule has 0 radical (unpaired) electrons. The van der Waals surface area contributed by atoms with Crippen LogP contribution in [0, 0.1) is 17.6 Å². The molecule has 0 unspecified atom stereocenters. The Morgan fingerprint density at radius 3 is 2.83 bits per heavy atom. The van der Waals surface area contributed by atoms with Crippen LogP contribution in [0.2, 0.25) is 0 Å². The zero-order chi connectivity index (χ0) is 25.4. The van der Waals surface area contributed by atoms with Gasteiger partial charge in [0.25, 0.3) is 5.91 Å². The Morgan fingerprint density at radius 1 is 1.22 bits per heavy atom. The standard InChI is InChI=1S/C26H25F2N5O3/c1-14-9-15(29)12-33(11-14)20-7-8-30-10-19(20)32-26(34)18-4-6-22-25(31-18)16(13-36-22)23-17(27)3-5-21(35-2)24(23)28/h3-8,10,13-15H,9,11-12,29H2,1-2H3,(H,32,34)/t14-,15+/m1/s1. The Morgan fingerprint density at radius 2 is 2.06 bits per heavy atom. The number of fused-ring (bicyclic) bond motifs is 1. The van der Waals surface area contributed by atoms with Crippen LogP contribution in [0.15, 0.2) is 53.4 Å². The summed E-state index contributed by atoms with van der Waals surface area (Å²) in [6, 6.07) is 7.18. The summed E-state index contributed by atoms with van der Waals surface area (Å²) in [4.78, 5) is 23.8. The first-order chi connectivity index (χ1) is 17.4. The molecule has 0 aliphatic carbocycles. The van der Waals surface area contributed by atoms with Gasteiger partial charge >= 0.3 is 0 Å². The molecule has 5 rings (SSSR count). The van der Waals surface area contributed by atoms with Crippen LogP contribution in [0.3, 0.4) is 0 Å². The molecule has 8 nitrogen and oxygen atoms in total. The predicted molar refractivity (Wildman–Crippen MR) is 132 cm³/mol. The van der Waals surface area contributed by atoms with Crippen molar-refractivity contribution < 1.29 is 22.7 Å². The molecule has 1 saturated heterocycles. The smallest absolute Gasteiger partial charge is 0.274 e. The number of nitrogens with one attached hydrogen (secondary N) is 1. The summed E-state index contributed by atoms with van der Waals surface area (Å²) in [7, 11) is 1.29. The van der Waals surface area contributed by atoms with Crippen molar-refractivity contribution in [1.82, 2.24) is 9.97 Å². The molecule has 0 bridgehead atoms. The van der Waals surface area contributed by atoms with Crippen molar-refractivity contribution in [3.05, 3.63) is 66.3 Å². The van der Waals surface area contributed by atoms with E-state index in [1.807, 2.05) is 6.07 Å². The molecule has 1 amide bonds. The normalized spacial score (nSPS) is 17.9. The summed E-state index contributed by atoms with van der Waals surface area (Å²) in [6.45, 7) is 3.61. The van der Waals surface area contributed by atoms with E-state index in [0.717, 1.165) is 24.7 Å². The molecular formula is C26H25F2N5O3. The minimum atomic E-state index is -0.883. The maximum absolute atomic E-state index is 14.9. The summed E-state index contributed by atoms with van der Waals surface area (Å²) in [5, 5.41) is 2.87. The average Bonchev–Trinajstić information content (AvgIpc) is 3.27. The SMILES string of the molecule is COc1ccc(F)c(-c2coc3ccc(C(=O)Nc4cnccc4N4C[C@H](C)C[C@H](N)C4)nc23)c1F. The number of nitrogens with zero attached hydrogens (tertiary/aromatic N) is 3. The lowest BCUT2D eigenvalue weighted by Crippen LogP contribution is -2.46. The Hall–Kier alpha value is -4.05. The van der Waals surface area contributed by atoms with Crippen LogP contribution in [-0.4, -0.2) is 42.1 Å². The lowest BCUT2D eigenvalue weighted by Gasteiger charge is -2.37. The Labute approximate surface area is 206 Å². The molecule has 10 heteroatoms. The highest BCUT2D eigenvalue weighted by molar-refractivity contribution is 6.06. The molecule has 1 aliphatic rings. The number of piperidine rings is 1. The number of aromatic nitrogens is 2. The van der Waals surface area contributed by atoms with E-state index in [1.165, 1.54) is 31.6 Å². The lowest BCUT2D eigenvalue weighted by atomic mass is 9.96. The van der Waals surface area contributed by atoms with Crippen molar-refractivity contribution in [1.29, 1.82) is 0 Å². The van der Waals surface area contributed by atoms with Gasteiger partial charge in [0, 0.05) is 25.3 Å². The first kappa shape index (κ1) is 23.7. The van der Waals surface area contributed by atoms with Gasteiger partial charge in [-0.3, -0.25) is 9.78 Å². The fourth-order valence-electron chi connectivity index (χ4n) is 4.70. The number of carbonyl (C=O) groups excluding carboxylic acids is 1. The van der Waals surface area contributed by atoms with Crippen LogP contribution >= 0.6 is 0 Å². The number of amides is 1. The average molecular weight is 494 g/mol. The molecule has 4 aromatic rings. The second-order valence-electron chi connectivity index (χ2n) is 8.98. The second kappa shape index (κ2) is 9.54. The number of halogens is 2. The van der Waals surface area contributed by atoms with E-state index < -0.39 is 17.5 Å². The van der Waals surface area contributed by atoms with Crippen LogP contribution in [0.5, 0.6) is 5.75 Å². The van der Waals surface area contributed by atoms with E-state index >= 15 is 0 Å². The van der Waals surface area contributed by atoms with E-state index in [2.05, 4.69) is 27.1 Å². The fraction of sp³-hybridized carbons (Fsp3) is 0.269. The van der Waals surface area contributed by atoms with Crippen molar-refractivity contribution >= 4 is 28.4 Å². The minimum absolute atomic E-state index is 0.0338. The van der Waals surface area contributed by atoms with Crippen LogP contribution < -0.4 is 20.7 Å². The van der Waals surface area contributed by atoms with Gasteiger partial charge in [-0.1, -0.05) is 6.92 Å². The molecule has 1 aromatic carbocycles. The summed E-state index contributed by atoms with van der Waals surface area (Å²) in [5.41, 5.74) is 7.75. The molecule has 3 N–H and O–H groups in total. The van der Waals surface area contributed by atoms with Gasteiger partial charge in [0.15, 0.2) is 17.1 Å². The number of pyridine rings is 2. The van der Waals surface area contributed by atoms with Crippen molar-refractivity contribution in [3.63, 3.8) is 0 Å². The van der Waals surface area contributed by atoms with Gasteiger partial charge in [-0.25, -0.2) is 13.8 Å². The third-order valence-electron chi connectivity index (χ3n) is 6.27. The first-order valence-corrected chi connectivity index (χ1v) is 11.5. The van der Waals surface area contributed by atoms with Gasteiger partial charge < -0.3 is 25.1 Å². The summed E-state index contributed by atoms with van der Waals surface area (Å²) >= 11 is 0. The van der Waals surface area contributed by atoms with E-state index in [0.29, 0.717) is 18.2 Å². The Balaban J connectivity index is 1.48. The zero-order valence-corrected chi connectivity index (χ0v) is 19.8. The molecule has 0 saturated carbocycles. The van der Waals surface area contributed by atoms with Crippen LogP contribution in [0.1, 0.15) is 23.8 Å². The number of rotatable bonds is 5. The fourth-order valence-corrected chi connectivity index (χ4v) is 4.70. The number of methoxy groups -OCH3 is 1. The molecule has 1 aliphatic heterocycles. The van der Waals surface area contributed by atoms with E-state index in [4.69, 9.17) is 14.9 Å². The minimum Gasteiger partial charge on any atom is -0.494 e. The molecule has 3 aromatic heterocycles. The van der Waals surface area contributed by atoms with Gasteiger partial charge in [0.2, 0.25) is 0 Å². The lowest BCUT2D eigenvalue weighted by molar-refractivity contribution is 0.102. The summed E-state index contributed by atoms with van der Waals surface area (Å²) in [5.74, 6) is -1.90. The van der Waals surface area contributed by atoms with Crippen molar-refractivity contribution in [2.75, 3.05) is 30.4 Å². The van der Waals surface area contributed by atoms with Gasteiger partial charge in [0.1, 0.15) is 23.3 Å². The number of hydrogen-bond donors (Lipinski definition) is 2. The zero-order valence-electron chi connectivity index (χ0n) is 19.8. The number of nitrogens with two attached hydrogens (primary N) is 1. The van der Waals surface area contributed by atoms with Gasteiger partial charge in [-0.05, 0) is 42.7 Å². The molecular weight excluding hydrogens is 468 g/mol. The van der Waals surface area contributed by atoms with Crippen LogP contribution in [0.25, 0.3) is 22.2 Å². The Kier molecular flexibility index (Phi) is 6.27. The molecule has 36 heavy (non-hydrogen) atoms. The van der Waals surface area contributed by atoms with Gasteiger partial charge in [-0.2, -0.15) is 0 Å². The predicted octanol–water partition coefficient (Wildman–Crippen LogP) is 4.60. The number of anilines is 2. The summed E-state index contributed by atoms with van der Waals surface area (Å²) in [6.07, 6.45) is 5.38. The molecule has 1 fully saturated rings. The van der Waals surface area contributed by atoms with E-state index in [9.17, 15) is 13.6 Å². The highest BCUT2D eigenvalue weighted by Crippen LogP contribution is 2.36. The maximum Gasteiger partial charge on any atom is 0.274 e. The summed E-state index contributed by atoms with van der Waals surface area (Å²) < 4.78 is 40.0. The number of benzene rings is 1. The number of carbonyl (C=O) groups is 1. The van der Waals surface area contributed by atoms with Crippen LogP contribution in [-0.2, 0) is 0 Å². The van der Waals surface area contributed by atoms with E-state index in [1.54, 1.807) is 12.4 Å². The highest BCUT2D eigenvalue weighted by atomic mass is 19.1. The molecule has 4 heterocycles. The quantitative estimate of drug-likeness (QED) is 0.418. The molecule has 186 valence electrons. The molecule has 2 atom stereocenters. The monoisotopic (exact) mass is 493 g/mol. The van der Waals surface area contributed by atoms with Crippen molar-refractivity contribution in [3.8, 4) is 16.9 Å². The van der Waals surface area contributed by atoms with Crippen LogP contribution in [0.4, 0.5) is 20.2 Å². The number of furan rings is 1. The highest BCUT2D eigenvalue weighted by Gasteiger charge is 2.25. The maximum atomic E-state index is 14.9. The van der Waals surface area contributed by atoms with Gasteiger partial charge in [-0.15, -0.1) is 0 Å². The molecule has 0 spiro atoms. The largest absolute Gasteiger partial charge is 0.494 e. The Bertz CT molecular complexity index is 1430. The van der Waals surface area contributed by atoms with Gasteiger partial charge in [0.05, 0.1) is 35.8 Å². The number of ether oxygens (including phenoxy) is 1. The third kappa shape index (κ3) is 4.35. The first-order valence-electron chi connectivity index (χ1n) is 11.5. The van der Waals surface area contributed by atoms with Crippen molar-refractivity contribution in [2.24, 2.45) is 11.7 Å². The van der Waals surface area contributed by atoms with E-state index in [-0.39, 0.29) is 39.7 Å². The van der Waals surface area contributed by atoms with Crippen molar-refractivity contribution in [2.45, 2.75) is 19.4 Å². The topological polar surface area (TPSA) is 107 Å². The third-order valence-corrected chi connectivity index (χ3v) is 6.27. The second-order valence-corrected chi connectivity index (χ2v) is 8.98. The number of hydrogen-bond acceptors (Lipinski definition) is 7.